The van der Waals surface area contributed by atoms with Gasteiger partial charge in [-0.15, -0.1) is 0 Å². The second kappa shape index (κ2) is 7.36. The summed E-state index contributed by atoms with van der Waals surface area (Å²) in [5, 5.41) is 8.62. The molecule has 4 N–H and O–H groups in total. The topological polar surface area (TPSA) is 77.1 Å². The Morgan fingerprint density at radius 2 is 2.21 bits per heavy atom. The molecule has 1 saturated heterocycles. The van der Waals surface area contributed by atoms with Crippen molar-refractivity contribution in [3.63, 3.8) is 0 Å². The van der Waals surface area contributed by atoms with Gasteiger partial charge in [-0.05, 0) is 44.0 Å². The summed E-state index contributed by atoms with van der Waals surface area (Å²) in [5.41, 5.74) is 6.92. The highest BCUT2D eigenvalue weighted by molar-refractivity contribution is 7.80. The van der Waals surface area contributed by atoms with E-state index in [1.165, 1.54) is 12.8 Å². The smallest absolute Gasteiger partial charge is 0.189 e. The van der Waals surface area contributed by atoms with Crippen LogP contribution >= 0.6 is 23.8 Å². The molecule has 7 nitrogen and oxygen atoms in total. The zero-order valence-corrected chi connectivity index (χ0v) is 17.8. The van der Waals surface area contributed by atoms with Crippen LogP contribution in [-0.4, -0.2) is 51.2 Å². The first-order valence-corrected chi connectivity index (χ1v) is 10.8. The van der Waals surface area contributed by atoms with E-state index in [2.05, 4.69) is 39.4 Å². The number of nitrogens with zero attached hydrogens (tertiary/aromatic N) is 3. The number of hydrogen-bond donors (Lipinski definition) is 4. The number of benzene rings is 1. The van der Waals surface area contributed by atoms with E-state index >= 15 is 0 Å². The number of halogens is 1. The van der Waals surface area contributed by atoms with Crippen molar-refractivity contribution in [2.24, 2.45) is 5.92 Å². The lowest BCUT2D eigenvalue weighted by Gasteiger charge is -2.33. The molecule has 5 rings (SSSR count). The Morgan fingerprint density at radius 1 is 1.34 bits per heavy atom. The van der Waals surface area contributed by atoms with Crippen LogP contribution < -0.4 is 21.5 Å². The molecule has 2 atom stereocenters. The number of hydrazine groups is 1. The van der Waals surface area contributed by atoms with Crippen LogP contribution in [0, 0.1) is 5.92 Å². The fraction of sp³-hybridized carbons (Fsp3) is 0.450. The van der Waals surface area contributed by atoms with E-state index in [9.17, 15) is 0 Å². The van der Waals surface area contributed by atoms with E-state index in [4.69, 9.17) is 33.8 Å². The number of fused-ring (bicyclic) bond motifs is 1. The van der Waals surface area contributed by atoms with Crippen LogP contribution in [-0.2, 0) is 0 Å². The van der Waals surface area contributed by atoms with Crippen molar-refractivity contribution in [2.45, 2.75) is 31.5 Å². The Morgan fingerprint density at radius 3 is 2.93 bits per heavy atom. The minimum atomic E-state index is -0.369. The quantitative estimate of drug-likeness (QED) is 0.552. The summed E-state index contributed by atoms with van der Waals surface area (Å²) in [6, 6.07) is 6.07. The first kappa shape index (κ1) is 19.0. The molecule has 9 heteroatoms. The van der Waals surface area contributed by atoms with Gasteiger partial charge in [-0.2, -0.15) is 0 Å². The lowest BCUT2D eigenvalue weighted by atomic mass is 10.1. The second-order valence-electron chi connectivity index (χ2n) is 8.03. The molecule has 0 radical (unpaired) electrons. The molecule has 2 fully saturated rings. The van der Waals surface area contributed by atoms with Crippen molar-refractivity contribution in [1.82, 2.24) is 31.0 Å². The molecule has 0 amide bonds. The van der Waals surface area contributed by atoms with Gasteiger partial charge in [0.15, 0.2) is 5.82 Å². The third kappa shape index (κ3) is 3.66. The number of thiocarbonyl (C=S) groups is 1. The van der Waals surface area contributed by atoms with E-state index in [0.29, 0.717) is 27.8 Å². The molecule has 2 unspecified atom stereocenters. The van der Waals surface area contributed by atoms with Crippen molar-refractivity contribution >= 4 is 45.5 Å². The maximum atomic E-state index is 6.29. The normalized spacial score (nSPS) is 26.6. The van der Waals surface area contributed by atoms with E-state index in [-0.39, 0.29) is 5.66 Å². The molecule has 3 aliphatic rings. The van der Waals surface area contributed by atoms with Crippen LogP contribution in [0.25, 0.3) is 10.9 Å². The third-order valence-corrected chi connectivity index (χ3v) is 6.44. The average molecular weight is 430 g/mol. The van der Waals surface area contributed by atoms with Crippen molar-refractivity contribution in [2.75, 3.05) is 25.0 Å². The van der Waals surface area contributed by atoms with E-state index in [1.54, 1.807) is 0 Å². The first-order valence-electron chi connectivity index (χ1n) is 10.0. The van der Waals surface area contributed by atoms with Crippen molar-refractivity contribution in [1.29, 1.82) is 0 Å². The van der Waals surface area contributed by atoms with Gasteiger partial charge in [-0.1, -0.05) is 23.8 Å². The molecule has 2 aliphatic heterocycles. The van der Waals surface area contributed by atoms with Crippen molar-refractivity contribution < 1.29 is 0 Å². The summed E-state index contributed by atoms with van der Waals surface area (Å²) in [7, 11) is 0. The monoisotopic (exact) mass is 429 g/mol. The highest BCUT2D eigenvalue weighted by Gasteiger charge is 2.45. The molecular formula is C20H24ClN7S. The highest BCUT2D eigenvalue weighted by Crippen LogP contribution is 2.42. The third-order valence-electron chi connectivity index (χ3n) is 5.76. The van der Waals surface area contributed by atoms with Gasteiger partial charge in [0.05, 0.1) is 5.52 Å². The first-order chi connectivity index (χ1) is 14.0. The number of piperazine rings is 1. The van der Waals surface area contributed by atoms with Gasteiger partial charge in [0.2, 0.25) is 0 Å². The largest absolute Gasteiger partial charge is 0.357 e. The van der Waals surface area contributed by atoms with Crippen LogP contribution in [0.1, 0.15) is 25.6 Å². The maximum Gasteiger partial charge on any atom is 0.189 e. The molecule has 1 saturated carbocycles. The van der Waals surface area contributed by atoms with Gasteiger partial charge in [-0.3, -0.25) is 0 Å². The molecular weight excluding hydrogens is 406 g/mol. The van der Waals surface area contributed by atoms with E-state index in [0.717, 1.165) is 36.4 Å². The highest BCUT2D eigenvalue weighted by atomic mass is 35.5. The number of nitrogens with one attached hydrogen (secondary N) is 4. The summed E-state index contributed by atoms with van der Waals surface area (Å²) in [5.74, 6) is 1.82. The second-order valence-corrected chi connectivity index (χ2v) is 8.86. The van der Waals surface area contributed by atoms with Crippen LogP contribution in [0.3, 0.4) is 0 Å². The summed E-state index contributed by atoms with van der Waals surface area (Å²) in [6.07, 6.45) is 6.38. The summed E-state index contributed by atoms with van der Waals surface area (Å²) < 4.78 is 0. The van der Waals surface area contributed by atoms with Gasteiger partial charge in [-0.25, -0.2) is 15.4 Å². The fourth-order valence-electron chi connectivity index (χ4n) is 4.07. The number of aromatic nitrogens is 2. The molecule has 2 aromatic rings. The van der Waals surface area contributed by atoms with Gasteiger partial charge in [0, 0.05) is 48.2 Å². The number of rotatable bonds is 4. The predicted molar refractivity (Wildman–Crippen MR) is 120 cm³/mol. The van der Waals surface area contributed by atoms with Gasteiger partial charge >= 0.3 is 0 Å². The van der Waals surface area contributed by atoms with E-state index < -0.39 is 0 Å². The fourth-order valence-corrected chi connectivity index (χ4v) is 4.50. The zero-order valence-electron chi connectivity index (χ0n) is 16.2. The molecule has 3 heterocycles. The zero-order chi connectivity index (χ0) is 20.0. The Kier molecular flexibility index (Phi) is 4.82. The maximum absolute atomic E-state index is 6.29. The summed E-state index contributed by atoms with van der Waals surface area (Å²) in [4.78, 5) is 12.5. The Balaban J connectivity index is 1.55. The van der Waals surface area contributed by atoms with Gasteiger partial charge < -0.3 is 21.0 Å². The molecule has 152 valence electrons. The summed E-state index contributed by atoms with van der Waals surface area (Å²) >= 11 is 12.1. The number of hydrogen-bond acceptors (Lipinski definition) is 7. The Labute approximate surface area is 180 Å². The lowest BCUT2D eigenvalue weighted by molar-refractivity contribution is 0.307. The van der Waals surface area contributed by atoms with Crippen molar-refractivity contribution in [3.8, 4) is 0 Å². The molecule has 0 spiro atoms. The Hall–Kier alpha value is -2.00. The Bertz CT molecular complexity index is 992. The molecule has 1 aromatic heterocycles. The summed E-state index contributed by atoms with van der Waals surface area (Å²) in [6.45, 7) is 4.77. The van der Waals surface area contributed by atoms with Gasteiger partial charge in [0.1, 0.15) is 16.5 Å². The predicted octanol–water partition coefficient (Wildman–Crippen LogP) is 2.39. The SMILES string of the molecule is CC1CN(C(=S)c2nc(NC3(C4CC4)C=CNN3)c3cc(Cl)ccc3n2)CCN1. The minimum Gasteiger partial charge on any atom is -0.357 e. The average Bonchev–Trinajstić information content (AvgIpc) is 3.48. The standard InChI is InChI=1S/C20H24ClN7S/c1-12-11-28(9-8-22-12)19(29)18-24-16-5-4-14(21)10-15(16)17(25-18)26-20(13-2-3-13)6-7-23-27-20/h4-7,10,12-13,22-23,27H,2-3,8-9,11H2,1H3,(H,24,25,26). The molecule has 29 heavy (non-hydrogen) atoms. The molecule has 0 bridgehead atoms. The van der Waals surface area contributed by atoms with Gasteiger partial charge in [0.25, 0.3) is 0 Å². The van der Waals surface area contributed by atoms with Crippen LogP contribution in [0.15, 0.2) is 30.5 Å². The van der Waals surface area contributed by atoms with Crippen LogP contribution in [0.2, 0.25) is 5.02 Å². The van der Waals surface area contributed by atoms with Crippen LogP contribution in [0.4, 0.5) is 5.82 Å². The lowest BCUT2D eigenvalue weighted by Crippen LogP contribution is -2.53. The number of anilines is 1. The molecule has 1 aromatic carbocycles. The van der Waals surface area contributed by atoms with Crippen molar-refractivity contribution in [3.05, 3.63) is 41.3 Å². The molecule has 1 aliphatic carbocycles. The van der Waals surface area contributed by atoms with Crippen LogP contribution in [0.5, 0.6) is 0 Å². The van der Waals surface area contributed by atoms with E-state index in [1.807, 2.05) is 24.4 Å². The minimum absolute atomic E-state index is 0.369.